The van der Waals surface area contributed by atoms with Crippen LogP contribution in [0.15, 0.2) is 42.5 Å². The molecule has 27 heavy (non-hydrogen) atoms. The molecule has 1 atom stereocenters. The topological polar surface area (TPSA) is 91.9 Å². The minimum Gasteiger partial charge on any atom is -0.346 e. The van der Waals surface area contributed by atoms with Gasteiger partial charge in [-0.25, -0.2) is 8.42 Å². The Labute approximate surface area is 161 Å². The van der Waals surface area contributed by atoms with E-state index in [1.807, 2.05) is 24.3 Å². The number of amides is 1. The van der Waals surface area contributed by atoms with E-state index in [1.165, 1.54) is 0 Å². The van der Waals surface area contributed by atoms with Gasteiger partial charge in [0.25, 0.3) is 5.91 Å². The minimum atomic E-state index is -3.09. The van der Waals surface area contributed by atoms with E-state index in [0.717, 1.165) is 16.6 Å². The zero-order valence-corrected chi connectivity index (χ0v) is 16.2. The second-order valence-electron chi connectivity index (χ2n) is 7.17. The average molecular weight is 404 g/mol. The van der Waals surface area contributed by atoms with Crippen LogP contribution in [-0.2, 0) is 9.84 Å². The molecule has 4 rings (SSSR count). The predicted octanol–water partition coefficient (Wildman–Crippen LogP) is 3.19. The molecule has 8 heteroatoms. The fourth-order valence-electron chi connectivity index (χ4n) is 3.47. The van der Waals surface area contributed by atoms with Crippen LogP contribution >= 0.6 is 11.6 Å². The molecule has 140 valence electrons. The van der Waals surface area contributed by atoms with Gasteiger partial charge in [0.2, 0.25) is 0 Å². The second kappa shape index (κ2) is 6.35. The number of nitrogens with zero attached hydrogens (tertiary/aromatic N) is 1. The standard InChI is InChI=1S/C19H18ClN3O3S/c1-19(8-9-27(25,26)11-19)21-18(24)12-6-7-14-16(10-12)22-23-17(14)13-4-2-3-5-15(13)20/h2-7,10H,8-9,11H2,1H3,(H,21,24)(H,22,23). The van der Waals surface area contributed by atoms with Crippen LogP contribution in [0.1, 0.15) is 23.7 Å². The molecule has 0 bridgehead atoms. The number of sulfone groups is 1. The molecule has 0 aliphatic carbocycles. The third-order valence-electron chi connectivity index (χ3n) is 4.87. The van der Waals surface area contributed by atoms with E-state index in [1.54, 1.807) is 25.1 Å². The molecule has 2 aromatic carbocycles. The number of halogens is 1. The quantitative estimate of drug-likeness (QED) is 0.702. The summed E-state index contributed by atoms with van der Waals surface area (Å²) in [7, 11) is -3.09. The summed E-state index contributed by atoms with van der Waals surface area (Å²) in [6, 6.07) is 12.7. The number of carbonyl (C=O) groups excluding carboxylic acids is 1. The number of aromatic nitrogens is 2. The number of aromatic amines is 1. The molecule has 1 fully saturated rings. The van der Waals surface area contributed by atoms with E-state index < -0.39 is 15.4 Å². The van der Waals surface area contributed by atoms with Gasteiger partial charge in [-0.3, -0.25) is 9.89 Å². The summed E-state index contributed by atoms with van der Waals surface area (Å²) in [5.74, 6) is -0.232. The summed E-state index contributed by atoms with van der Waals surface area (Å²) < 4.78 is 23.5. The lowest BCUT2D eigenvalue weighted by atomic mass is 10.0. The number of benzene rings is 2. The molecule has 0 radical (unpaired) electrons. The highest BCUT2D eigenvalue weighted by Crippen LogP contribution is 2.32. The Morgan fingerprint density at radius 2 is 2.04 bits per heavy atom. The molecule has 6 nitrogen and oxygen atoms in total. The van der Waals surface area contributed by atoms with Crippen LogP contribution in [-0.4, -0.2) is 41.6 Å². The monoisotopic (exact) mass is 403 g/mol. The number of hydrogen-bond acceptors (Lipinski definition) is 4. The third kappa shape index (κ3) is 3.44. The van der Waals surface area contributed by atoms with Crippen LogP contribution in [0.25, 0.3) is 22.2 Å². The summed E-state index contributed by atoms with van der Waals surface area (Å²) in [5.41, 5.74) is 1.95. The molecule has 1 aliphatic heterocycles. The Kier molecular flexibility index (Phi) is 4.24. The molecule has 0 spiro atoms. The van der Waals surface area contributed by atoms with Gasteiger partial charge in [-0.15, -0.1) is 0 Å². The van der Waals surface area contributed by atoms with Gasteiger partial charge in [0.05, 0.1) is 27.6 Å². The van der Waals surface area contributed by atoms with Crippen LogP contribution in [0.5, 0.6) is 0 Å². The first-order valence-corrected chi connectivity index (χ1v) is 10.7. The van der Waals surface area contributed by atoms with Crippen molar-refractivity contribution in [3.8, 4) is 11.3 Å². The first kappa shape index (κ1) is 18.0. The Morgan fingerprint density at radius 1 is 1.26 bits per heavy atom. The highest BCUT2D eigenvalue weighted by atomic mass is 35.5. The van der Waals surface area contributed by atoms with Gasteiger partial charge in [0, 0.05) is 16.5 Å². The molecule has 3 aromatic rings. The smallest absolute Gasteiger partial charge is 0.251 e. The molecule has 1 amide bonds. The summed E-state index contributed by atoms with van der Waals surface area (Å²) >= 11 is 6.26. The van der Waals surface area contributed by atoms with Gasteiger partial charge in [-0.1, -0.05) is 29.8 Å². The van der Waals surface area contributed by atoms with Gasteiger partial charge in [-0.2, -0.15) is 5.10 Å². The maximum Gasteiger partial charge on any atom is 0.251 e. The van der Waals surface area contributed by atoms with E-state index in [-0.39, 0.29) is 17.4 Å². The maximum absolute atomic E-state index is 12.6. The van der Waals surface area contributed by atoms with Gasteiger partial charge < -0.3 is 5.32 Å². The average Bonchev–Trinajstić information content (AvgIpc) is 3.15. The summed E-state index contributed by atoms with van der Waals surface area (Å²) in [5, 5.41) is 11.6. The van der Waals surface area contributed by atoms with E-state index in [9.17, 15) is 13.2 Å². The lowest BCUT2D eigenvalue weighted by Crippen LogP contribution is -2.46. The van der Waals surface area contributed by atoms with Crippen molar-refractivity contribution in [1.82, 2.24) is 15.5 Å². The number of fused-ring (bicyclic) bond motifs is 1. The van der Waals surface area contributed by atoms with Gasteiger partial charge >= 0.3 is 0 Å². The maximum atomic E-state index is 12.6. The van der Waals surface area contributed by atoms with Crippen LogP contribution in [0.3, 0.4) is 0 Å². The van der Waals surface area contributed by atoms with Crippen molar-refractivity contribution < 1.29 is 13.2 Å². The SMILES string of the molecule is CC1(NC(=O)c2ccc3c(-c4ccccc4Cl)n[nH]c3c2)CCS(=O)(=O)C1. The summed E-state index contributed by atoms with van der Waals surface area (Å²) in [4.78, 5) is 12.6. The molecule has 2 heterocycles. The van der Waals surface area contributed by atoms with E-state index in [0.29, 0.717) is 22.5 Å². The van der Waals surface area contributed by atoms with Crippen molar-refractivity contribution in [2.45, 2.75) is 18.9 Å². The van der Waals surface area contributed by atoms with Crippen molar-refractivity contribution >= 4 is 38.2 Å². The van der Waals surface area contributed by atoms with Crippen molar-refractivity contribution in [2.24, 2.45) is 0 Å². The predicted molar refractivity (Wildman–Crippen MR) is 106 cm³/mol. The fourth-order valence-corrected chi connectivity index (χ4v) is 5.79. The highest BCUT2D eigenvalue weighted by molar-refractivity contribution is 7.91. The zero-order valence-electron chi connectivity index (χ0n) is 14.6. The normalized spacial score (nSPS) is 21.4. The molecule has 2 N–H and O–H groups in total. The van der Waals surface area contributed by atoms with Gasteiger partial charge in [-0.05, 0) is 37.6 Å². The Morgan fingerprint density at radius 3 is 2.74 bits per heavy atom. The van der Waals surface area contributed by atoms with Crippen LogP contribution in [0.4, 0.5) is 0 Å². The molecule has 1 aliphatic rings. The number of nitrogens with one attached hydrogen (secondary N) is 2. The Bertz CT molecular complexity index is 1160. The van der Waals surface area contributed by atoms with Crippen molar-refractivity contribution in [1.29, 1.82) is 0 Å². The molecule has 1 saturated heterocycles. The van der Waals surface area contributed by atoms with Crippen molar-refractivity contribution in [3.63, 3.8) is 0 Å². The highest BCUT2D eigenvalue weighted by Gasteiger charge is 2.39. The Balaban J connectivity index is 1.63. The van der Waals surface area contributed by atoms with Gasteiger partial charge in [0.15, 0.2) is 9.84 Å². The first-order valence-electron chi connectivity index (χ1n) is 8.52. The largest absolute Gasteiger partial charge is 0.346 e. The van der Waals surface area contributed by atoms with E-state index in [4.69, 9.17) is 11.6 Å². The van der Waals surface area contributed by atoms with E-state index in [2.05, 4.69) is 15.5 Å². The number of rotatable bonds is 3. The van der Waals surface area contributed by atoms with Crippen molar-refractivity contribution in [3.05, 3.63) is 53.1 Å². The lowest BCUT2D eigenvalue weighted by Gasteiger charge is -2.23. The molecule has 0 saturated carbocycles. The van der Waals surface area contributed by atoms with Crippen LogP contribution in [0, 0.1) is 0 Å². The molecule has 1 unspecified atom stereocenters. The number of carbonyl (C=O) groups is 1. The van der Waals surface area contributed by atoms with Crippen LogP contribution in [0.2, 0.25) is 5.02 Å². The molecule has 1 aromatic heterocycles. The van der Waals surface area contributed by atoms with Crippen LogP contribution < -0.4 is 5.32 Å². The zero-order chi connectivity index (χ0) is 19.2. The first-order chi connectivity index (χ1) is 12.8. The van der Waals surface area contributed by atoms with Crippen molar-refractivity contribution in [2.75, 3.05) is 11.5 Å². The summed E-state index contributed by atoms with van der Waals surface area (Å²) in [6.45, 7) is 1.76. The van der Waals surface area contributed by atoms with Gasteiger partial charge in [0.1, 0.15) is 5.69 Å². The van der Waals surface area contributed by atoms with E-state index >= 15 is 0 Å². The second-order valence-corrected chi connectivity index (χ2v) is 9.76. The fraction of sp³-hybridized carbons (Fsp3) is 0.263. The molecular formula is C19H18ClN3O3S. The minimum absolute atomic E-state index is 0.0330. The molecular weight excluding hydrogens is 386 g/mol. The number of H-pyrrole nitrogens is 1. The Hall–Kier alpha value is -2.38. The lowest BCUT2D eigenvalue weighted by molar-refractivity contribution is 0.0915. The number of hydrogen-bond donors (Lipinski definition) is 2. The third-order valence-corrected chi connectivity index (χ3v) is 7.11. The summed E-state index contributed by atoms with van der Waals surface area (Å²) in [6.07, 6.45) is 0.421.